The van der Waals surface area contributed by atoms with Crippen molar-refractivity contribution in [3.8, 4) is 0 Å². The molecular formula is C13H17FN2O3. The third-order valence-electron chi connectivity index (χ3n) is 3.50. The summed E-state index contributed by atoms with van der Waals surface area (Å²) in [6.07, 6.45) is 3.84. The molecular weight excluding hydrogens is 251 g/mol. The molecule has 1 N–H and O–H groups in total. The van der Waals surface area contributed by atoms with Gasteiger partial charge < -0.3 is 10.0 Å². The van der Waals surface area contributed by atoms with Gasteiger partial charge >= 0.3 is 0 Å². The summed E-state index contributed by atoms with van der Waals surface area (Å²) in [7, 11) is 0. The highest BCUT2D eigenvalue weighted by molar-refractivity contribution is 5.54. The Hall–Kier alpha value is -1.69. The second-order valence-corrected chi connectivity index (χ2v) is 4.80. The highest BCUT2D eigenvalue weighted by Crippen LogP contribution is 2.28. The normalized spacial score (nSPS) is 20.1. The van der Waals surface area contributed by atoms with Crippen LogP contribution in [0.4, 0.5) is 15.8 Å². The fourth-order valence-corrected chi connectivity index (χ4v) is 2.54. The zero-order chi connectivity index (χ0) is 13.8. The van der Waals surface area contributed by atoms with Crippen molar-refractivity contribution in [2.24, 2.45) is 0 Å². The van der Waals surface area contributed by atoms with Crippen molar-refractivity contribution >= 4 is 11.4 Å². The molecule has 1 fully saturated rings. The van der Waals surface area contributed by atoms with Crippen molar-refractivity contribution in [1.82, 2.24) is 0 Å². The Morgan fingerprint density at radius 3 is 2.84 bits per heavy atom. The molecule has 19 heavy (non-hydrogen) atoms. The smallest absolute Gasteiger partial charge is 0.274 e. The molecule has 1 aromatic rings. The van der Waals surface area contributed by atoms with E-state index in [4.69, 9.17) is 0 Å². The molecule has 104 valence electrons. The van der Waals surface area contributed by atoms with Gasteiger partial charge in [0.05, 0.1) is 23.6 Å². The summed E-state index contributed by atoms with van der Waals surface area (Å²) in [6.45, 7) is 0.663. The van der Waals surface area contributed by atoms with Crippen molar-refractivity contribution in [1.29, 1.82) is 0 Å². The Balaban J connectivity index is 2.34. The molecule has 2 rings (SSSR count). The van der Waals surface area contributed by atoms with Crippen molar-refractivity contribution < 1.29 is 14.4 Å². The topological polar surface area (TPSA) is 66.6 Å². The van der Waals surface area contributed by atoms with Crippen LogP contribution < -0.4 is 4.90 Å². The van der Waals surface area contributed by atoms with Crippen LogP contribution in [0.25, 0.3) is 0 Å². The molecule has 0 aromatic heterocycles. The summed E-state index contributed by atoms with van der Waals surface area (Å²) in [5.74, 6) is -0.620. The monoisotopic (exact) mass is 268 g/mol. The lowest BCUT2D eigenvalue weighted by Crippen LogP contribution is -2.37. The average molecular weight is 268 g/mol. The third-order valence-corrected chi connectivity index (χ3v) is 3.50. The van der Waals surface area contributed by atoms with Gasteiger partial charge in [-0.2, -0.15) is 0 Å². The molecule has 1 aliphatic heterocycles. The van der Waals surface area contributed by atoms with E-state index in [0.717, 1.165) is 31.7 Å². The van der Waals surface area contributed by atoms with Gasteiger partial charge in [-0.05, 0) is 18.9 Å². The first-order valence-electron chi connectivity index (χ1n) is 6.44. The predicted octanol–water partition coefficient (Wildman–Crippen LogP) is 2.48. The minimum atomic E-state index is -0.620. The van der Waals surface area contributed by atoms with Gasteiger partial charge in [0, 0.05) is 18.3 Å². The fourth-order valence-electron chi connectivity index (χ4n) is 2.54. The zero-order valence-electron chi connectivity index (χ0n) is 10.6. The molecule has 0 saturated carbocycles. The SMILES string of the molecule is O=[N+]([O-])c1cc(F)cc(N2CCCCCC2CO)c1. The van der Waals surface area contributed by atoms with E-state index in [1.807, 2.05) is 4.90 Å². The molecule has 1 atom stereocenters. The molecule has 0 amide bonds. The van der Waals surface area contributed by atoms with Crippen LogP contribution in [-0.4, -0.2) is 29.2 Å². The summed E-state index contributed by atoms with van der Waals surface area (Å²) >= 11 is 0. The van der Waals surface area contributed by atoms with E-state index in [-0.39, 0.29) is 18.3 Å². The number of aliphatic hydroxyl groups excluding tert-OH is 1. The lowest BCUT2D eigenvalue weighted by Gasteiger charge is -2.30. The minimum Gasteiger partial charge on any atom is -0.394 e. The standard InChI is InChI=1S/C13H17FN2O3/c14-10-6-12(8-13(7-10)16(18)19)15-5-3-1-2-4-11(15)9-17/h6-8,11,17H,1-5,9H2. The van der Waals surface area contributed by atoms with Gasteiger partial charge in [0.25, 0.3) is 5.69 Å². The highest BCUT2D eigenvalue weighted by Gasteiger charge is 2.22. The summed E-state index contributed by atoms with van der Waals surface area (Å²) in [4.78, 5) is 12.1. The number of hydrogen-bond acceptors (Lipinski definition) is 4. The Labute approximate surface area is 110 Å². The minimum absolute atomic E-state index is 0.0235. The molecule has 1 heterocycles. The molecule has 0 bridgehead atoms. The summed E-state index contributed by atoms with van der Waals surface area (Å²) in [6, 6.07) is 3.48. The third kappa shape index (κ3) is 3.20. The van der Waals surface area contributed by atoms with Crippen LogP contribution in [0.1, 0.15) is 25.7 Å². The van der Waals surface area contributed by atoms with E-state index in [9.17, 15) is 19.6 Å². The number of anilines is 1. The van der Waals surface area contributed by atoms with E-state index in [0.29, 0.717) is 12.2 Å². The molecule has 6 heteroatoms. The van der Waals surface area contributed by atoms with E-state index in [1.165, 1.54) is 12.1 Å². The quantitative estimate of drug-likeness (QED) is 0.675. The summed E-state index contributed by atoms with van der Waals surface area (Å²) in [5.41, 5.74) is 0.226. The fraction of sp³-hybridized carbons (Fsp3) is 0.538. The molecule has 1 aromatic carbocycles. The molecule has 1 saturated heterocycles. The summed E-state index contributed by atoms with van der Waals surface area (Å²) in [5, 5.41) is 20.2. The van der Waals surface area contributed by atoms with Crippen LogP contribution in [0.3, 0.4) is 0 Å². The molecule has 0 radical (unpaired) electrons. The van der Waals surface area contributed by atoms with Crippen LogP contribution in [0.2, 0.25) is 0 Å². The highest BCUT2D eigenvalue weighted by atomic mass is 19.1. The van der Waals surface area contributed by atoms with E-state index < -0.39 is 10.7 Å². The summed E-state index contributed by atoms with van der Waals surface area (Å²) < 4.78 is 13.5. The number of aliphatic hydroxyl groups is 1. The van der Waals surface area contributed by atoms with Gasteiger partial charge in [0.1, 0.15) is 5.82 Å². The van der Waals surface area contributed by atoms with Gasteiger partial charge in [0.2, 0.25) is 0 Å². The van der Waals surface area contributed by atoms with Crippen LogP contribution in [0, 0.1) is 15.9 Å². The van der Waals surface area contributed by atoms with Gasteiger partial charge in [0.15, 0.2) is 0 Å². The molecule has 0 spiro atoms. The van der Waals surface area contributed by atoms with E-state index in [1.54, 1.807) is 0 Å². The number of benzene rings is 1. The molecule has 1 unspecified atom stereocenters. The Morgan fingerprint density at radius 1 is 1.37 bits per heavy atom. The Morgan fingerprint density at radius 2 is 2.16 bits per heavy atom. The first-order valence-corrected chi connectivity index (χ1v) is 6.44. The van der Waals surface area contributed by atoms with E-state index >= 15 is 0 Å². The number of nitro groups is 1. The number of rotatable bonds is 3. The van der Waals surface area contributed by atoms with Crippen LogP contribution in [-0.2, 0) is 0 Å². The molecule has 5 nitrogen and oxygen atoms in total. The second kappa shape index (κ2) is 5.97. The number of hydrogen-bond donors (Lipinski definition) is 1. The van der Waals surface area contributed by atoms with Crippen LogP contribution in [0.15, 0.2) is 18.2 Å². The van der Waals surface area contributed by atoms with Crippen LogP contribution >= 0.6 is 0 Å². The lowest BCUT2D eigenvalue weighted by molar-refractivity contribution is -0.385. The number of nitrogens with zero attached hydrogens (tertiary/aromatic N) is 2. The first kappa shape index (κ1) is 13.7. The van der Waals surface area contributed by atoms with Gasteiger partial charge in [-0.15, -0.1) is 0 Å². The van der Waals surface area contributed by atoms with Crippen LogP contribution in [0.5, 0.6) is 0 Å². The number of nitro benzene ring substituents is 1. The van der Waals surface area contributed by atoms with E-state index in [2.05, 4.69) is 0 Å². The molecule has 0 aliphatic carbocycles. The van der Waals surface area contributed by atoms with Gasteiger partial charge in [-0.3, -0.25) is 10.1 Å². The largest absolute Gasteiger partial charge is 0.394 e. The second-order valence-electron chi connectivity index (χ2n) is 4.80. The maximum absolute atomic E-state index is 13.5. The molecule has 1 aliphatic rings. The zero-order valence-corrected chi connectivity index (χ0v) is 10.6. The number of halogens is 1. The van der Waals surface area contributed by atoms with Crippen molar-refractivity contribution in [2.75, 3.05) is 18.1 Å². The first-order chi connectivity index (χ1) is 9.11. The predicted molar refractivity (Wildman–Crippen MR) is 69.7 cm³/mol. The van der Waals surface area contributed by atoms with Crippen molar-refractivity contribution in [3.63, 3.8) is 0 Å². The van der Waals surface area contributed by atoms with Gasteiger partial charge in [-0.25, -0.2) is 4.39 Å². The Bertz CT molecular complexity index is 467. The van der Waals surface area contributed by atoms with Crippen molar-refractivity contribution in [3.05, 3.63) is 34.1 Å². The number of non-ortho nitro benzene ring substituents is 1. The van der Waals surface area contributed by atoms with Gasteiger partial charge in [-0.1, -0.05) is 12.8 Å². The maximum atomic E-state index is 13.5. The lowest BCUT2D eigenvalue weighted by atomic mass is 10.1. The Kier molecular flexibility index (Phi) is 4.31. The van der Waals surface area contributed by atoms with Crippen molar-refractivity contribution in [2.45, 2.75) is 31.7 Å². The maximum Gasteiger partial charge on any atom is 0.274 e. The average Bonchev–Trinajstić information content (AvgIpc) is 2.62.